The minimum Gasteiger partial charge on any atom is -0.548 e. The van der Waals surface area contributed by atoms with Crippen molar-refractivity contribution in [1.82, 2.24) is 4.72 Å². The van der Waals surface area contributed by atoms with E-state index in [-0.39, 0.29) is 4.90 Å². The first-order valence-electron chi connectivity index (χ1n) is 5.22. The molecule has 0 saturated carbocycles. The number of aliphatic carboxylic acids is 1. The molecule has 0 amide bonds. The maximum atomic E-state index is 11.8. The number of aliphatic hydroxyl groups excluding tert-OH is 1. The Balaban J connectivity index is 3.01. The molecule has 2 N–H and O–H groups in total. The van der Waals surface area contributed by atoms with Crippen LogP contribution in [-0.2, 0) is 14.8 Å². The zero-order valence-corrected chi connectivity index (χ0v) is 10.8. The van der Waals surface area contributed by atoms with E-state index in [2.05, 4.69) is 0 Å². The Bertz CT molecular complexity index is 521. The van der Waals surface area contributed by atoms with Gasteiger partial charge in [0, 0.05) is 0 Å². The predicted octanol–water partition coefficient (Wildman–Crippen LogP) is -1.23. The molecule has 1 aromatic carbocycles. The molecule has 0 bridgehead atoms. The highest BCUT2D eigenvalue weighted by Gasteiger charge is 2.24. The number of rotatable bonds is 5. The van der Waals surface area contributed by atoms with Crippen molar-refractivity contribution in [3.05, 3.63) is 29.8 Å². The molecule has 0 fully saturated rings. The van der Waals surface area contributed by atoms with E-state index in [1.54, 1.807) is 19.1 Å². The van der Waals surface area contributed by atoms with Crippen molar-refractivity contribution in [2.45, 2.75) is 30.9 Å². The number of carboxylic acids is 1. The number of carbonyl (C=O) groups is 1. The van der Waals surface area contributed by atoms with Crippen LogP contribution in [0.15, 0.2) is 29.2 Å². The van der Waals surface area contributed by atoms with Crippen molar-refractivity contribution in [3.63, 3.8) is 0 Å². The first-order valence-corrected chi connectivity index (χ1v) is 6.70. The summed E-state index contributed by atoms with van der Waals surface area (Å²) in [7, 11) is -4.00. The van der Waals surface area contributed by atoms with Crippen molar-refractivity contribution in [2.24, 2.45) is 0 Å². The zero-order valence-electron chi connectivity index (χ0n) is 9.95. The third-order valence-electron chi connectivity index (χ3n) is 2.35. The van der Waals surface area contributed by atoms with Crippen LogP contribution in [-0.4, -0.2) is 31.6 Å². The predicted molar refractivity (Wildman–Crippen MR) is 62.0 cm³/mol. The van der Waals surface area contributed by atoms with E-state index >= 15 is 0 Å². The molecule has 0 spiro atoms. The average molecular weight is 272 g/mol. The van der Waals surface area contributed by atoms with Crippen LogP contribution < -0.4 is 9.83 Å². The van der Waals surface area contributed by atoms with E-state index in [0.717, 1.165) is 12.5 Å². The van der Waals surface area contributed by atoms with E-state index in [1.807, 2.05) is 4.72 Å². The van der Waals surface area contributed by atoms with Gasteiger partial charge in [0.15, 0.2) is 0 Å². The number of aryl methyl sites for hydroxylation is 1. The van der Waals surface area contributed by atoms with Crippen molar-refractivity contribution < 1.29 is 23.4 Å². The summed E-state index contributed by atoms with van der Waals surface area (Å²) in [6.45, 7) is 2.96. The third kappa shape index (κ3) is 3.52. The lowest BCUT2D eigenvalue weighted by atomic mass is 10.2. The topological polar surface area (TPSA) is 107 Å². The molecule has 0 heterocycles. The SMILES string of the molecule is Cc1ccc(S(=O)(=O)N[C@@H](C(=O)[O-])[C@@H](C)O)cc1. The molecule has 0 aliphatic heterocycles. The van der Waals surface area contributed by atoms with E-state index in [1.165, 1.54) is 12.1 Å². The Labute approximate surface area is 105 Å². The van der Waals surface area contributed by atoms with Gasteiger partial charge >= 0.3 is 0 Å². The molecule has 0 aromatic heterocycles. The van der Waals surface area contributed by atoms with Gasteiger partial charge in [-0.15, -0.1) is 0 Å². The summed E-state index contributed by atoms with van der Waals surface area (Å²) in [5, 5.41) is 19.9. The molecule has 18 heavy (non-hydrogen) atoms. The minimum absolute atomic E-state index is 0.0694. The van der Waals surface area contributed by atoms with Crippen LogP contribution in [0.4, 0.5) is 0 Å². The molecule has 1 rings (SSSR count). The molecular formula is C11H14NO5S-. The monoisotopic (exact) mass is 272 g/mol. The number of carbonyl (C=O) groups excluding carboxylic acids is 1. The second-order valence-electron chi connectivity index (χ2n) is 3.97. The number of aliphatic hydroxyl groups is 1. The second kappa shape index (κ2) is 5.47. The lowest BCUT2D eigenvalue weighted by Gasteiger charge is -2.22. The van der Waals surface area contributed by atoms with Crippen LogP contribution in [0.3, 0.4) is 0 Å². The van der Waals surface area contributed by atoms with Gasteiger partial charge < -0.3 is 15.0 Å². The highest BCUT2D eigenvalue weighted by atomic mass is 32.2. The number of hydrogen-bond acceptors (Lipinski definition) is 5. The number of hydrogen-bond donors (Lipinski definition) is 2. The summed E-state index contributed by atoms with van der Waals surface area (Å²) in [6.07, 6.45) is -1.39. The third-order valence-corrected chi connectivity index (χ3v) is 3.81. The second-order valence-corrected chi connectivity index (χ2v) is 5.69. The highest BCUT2D eigenvalue weighted by molar-refractivity contribution is 7.89. The fourth-order valence-electron chi connectivity index (χ4n) is 1.30. The summed E-state index contributed by atoms with van der Waals surface area (Å²) in [5.74, 6) is -1.68. The van der Waals surface area contributed by atoms with Gasteiger partial charge in [0.25, 0.3) is 0 Å². The number of benzene rings is 1. The van der Waals surface area contributed by atoms with Gasteiger partial charge in [-0.3, -0.25) is 0 Å². The zero-order chi connectivity index (χ0) is 13.9. The maximum Gasteiger partial charge on any atom is 0.241 e. The standard InChI is InChI=1S/C11H15NO5S/c1-7-3-5-9(6-4-7)18(16,17)12-10(8(2)13)11(14)15/h3-6,8,10,12-13H,1-2H3,(H,14,15)/p-1/t8-,10-/m1/s1. The minimum atomic E-state index is -4.00. The Morgan fingerprint density at radius 1 is 1.33 bits per heavy atom. The highest BCUT2D eigenvalue weighted by Crippen LogP contribution is 2.11. The van der Waals surface area contributed by atoms with Crippen LogP contribution in [0.5, 0.6) is 0 Å². The van der Waals surface area contributed by atoms with Crippen LogP contribution in [0.2, 0.25) is 0 Å². The first kappa shape index (κ1) is 14.6. The summed E-state index contributed by atoms with van der Waals surface area (Å²) in [5.41, 5.74) is 0.876. The molecule has 100 valence electrons. The quantitative estimate of drug-likeness (QED) is 0.698. The van der Waals surface area contributed by atoms with Crippen LogP contribution in [0, 0.1) is 6.92 Å². The van der Waals surface area contributed by atoms with Gasteiger partial charge in [0.1, 0.15) is 0 Å². The molecule has 6 nitrogen and oxygen atoms in total. The molecule has 0 unspecified atom stereocenters. The van der Waals surface area contributed by atoms with Gasteiger partial charge in [0.05, 0.1) is 23.0 Å². The summed E-state index contributed by atoms with van der Waals surface area (Å²) in [4.78, 5) is 10.6. The van der Waals surface area contributed by atoms with Crippen molar-refractivity contribution in [1.29, 1.82) is 0 Å². The molecule has 0 aliphatic carbocycles. The van der Waals surface area contributed by atoms with E-state index in [9.17, 15) is 23.4 Å². The number of carboxylic acid groups (broad SMARTS) is 1. The van der Waals surface area contributed by atoms with Gasteiger partial charge in [-0.05, 0) is 26.0 Å². The van der Waals surface area contributed by atoms with Crippen molar-refractivity contribution in [2.75, 3.05) is 0 Å². The smallest absolute Gasteiger partial charge is 0.241 e. The van der Waals surface area contributed by atoms with Crippen LogP contribution in [0.1, 0.15) is 12.5 Å². The van der Waals surface area contributed by atoms with Gasteiger partial charge in [0.2, 0.25) is 10.0 Å². The first-order chi connectivity index (χ1) is 8.24. The Morgan fingerprint density at radius 3 is 2.22 bits per heavy atom. The number of sulfonamides is 1. The average Bonchev–Trinajstić information content (AvgIpc) is 2.26. The molecule has 0 radical (unpaired) electrons. The van der Waals surface area contributed by atoms with Gasteiger partial charge in [-0.2, -0.15) is 4.72 Å². The molecular weight excluding hydrogens is 258 g/mol. The van der Waals surface area contributed by atoms with E-state index < -0.39 is 28.1 Å². The molecule has 1 aromatic rings. The Morgan fingerprint density at radius 2 is 1.83 bits per heavy atom. The molecule has 7 heteroatoms. The Kier molecular flexibility index (Phi) is 4.44. The van der Waals surface area contributed by atoms with Crippen LogP contribution >= 0.6 is 0 Å². The summed E-state index contributed by atoms with van der Waals surface area (Å²) in [6, 6.07) is 4.20. The fourth-order valence-corrected chi connectivity index (χ4v) is 2.55. The largest absolute Gasteiger partial charge is 0.548 e. The van der Waals surface area contributed by atoms with Crippen molar-refractivity contribution in [3.8, 4) is 0 Å². The Hall–Kier alpha value is -1.44. The summed E-state index contributed by atoms with van der Waals surface area (Å²) < 4.78 is 25.6. The van der Waals surface area contributed by atoms with E-state index in [4.69, 9.17) is 0 Å². The number of nitrogens with one attached hydrogen (secondary N) is 1. The lowest BCUT2D eigenvalue weighted by Crippen LogP contribution is -2.53. The van der Waals surface area contributed by atoms with Crippen molar-refractivity contribution >= 4 is 16.0 Å². The molecule has 0 saturated heterocycles. The summed E-state index contributed by atoms with van der Waals surface area (Å²) >= 11 is 0. The maximum absolute atomic E-state index is 11.8. The van der Waals surface area contributed by atoms with Gasteiger partial charge in [-0.25, -0.2) is 8.42 Å². The lowest BCUT2D eigenvalue weighted by molar-refractivity contribution is -0.309. The van der Waals surface area contributed by atoms with Gasteiger partial charge in [-0.1, -0.05) is 17.7 Å². The molecule has 2 atom stereocenters. The van der Waals surface area contributed by atoms with E-state index in [0.29, 0.717) is 0 Å². The fraction of sp³-hybridized carbons (Fsp3) is 0.364. The normalized spacial score (nSPS) is 15.1. The molecule has 0 aliphatic rings. The van der Waals surface area contributed by atoms with Crippen LogP contribution in [0.25, 0.3) is 0 Å².